The third kappa shape index (κ3) is 6.54. The molecule has 1 aromatic heterocycles. The molecule has 0 spiro atoms. The zero-order valence-electron chi connectivity index (χ0n) is 27.3. The number of rotatable bonds is 11. The summed E-state index contributed by atoms with van der Waals surface area (Å²) in [6.45, 7) is 10.4. The molecule has 244 valence electrons. The molecule has 0 amide bonds. The number of benzene rings is 3. The van der Waals surface area contributed by atoms with Crippen molar-refractivity contribution in [2.24, 2.45) is 5.92 Å². The highest BCUT2D eigenvalue weighted by Crippen LogP contribution is 2.46. The molecule has 1 saturated heterocycles. The van der Waals surface area contributed by atoms with Gasteiger partial charge in [0.2, 0.25) is 0 Å². The van der Waals surface area contributed by atoms with E-state index in [9.17, 15) is 14.7 Å². The van der Waals surface area contributed by atoms with Gasteiger partial charge >= 0.3 is 5.69 Å². The summed E-state index contributed by atoms with van der Waals surface area (Å²) in [5.41, 5.74) is 0.530. The SMILES string of the molecule is COc1ccc(C(OC[C@H]2O[C@@H](n3ccc(=O)[nH]c3=O)[C@H](O[Si](C)(C)C(C)(C)C)[C@@H]2CO)(c2ccccc2)c2ccccc2)cc1. The molecule has 9 nitrogen and oxygen atoms in total. The third-order valence-corrected chi connectivity index (χ3v) is 13.9. The van der Waals surface area contributed by atoms with Gasteiger partial charge in [0.25, 0.3) is 5.56 Å². The molecule has 0 saturated carbocycles. The molecule has 5 rings (SSSR count). The minimum absolute atomic E-state index is 0.0625. The smallest absolute Gasteiger partial charge is 0.330 e. The molecule has 46 heavy (non-hydrogen) atoms. The molecule has 1 fully saturated rings. The first-order chi connectivity index (χ1) is 21.9. The van der Waals surface area contributed by atoms with Gasteiger partial charge in [0.1, 0.15) is 11.4 Å². The molecule has 0 bridgehead atoms. The number of methoxy groups -OCH3 is 1. The topological polar surface area (TPSA) is 112 Å². The number of aromatic nitrogens is 2. The Labute approximate surface area is 270 Å². The van der Waals surface area contributed by atoms with Gasteiger partial charge in [-0.05, 0) is 47.0 Å². The fraction of sp³-hybridized carbons (Fsp3) is 0.389. The second-order valence-electron chi connectivity index (χ2n) is 13.2. The van der Waals surface area contributed by atoms with Crippen LogP contribution in [-0.4, -0.2) is 55.5 Å². The molecule has 1 aliphatic heterocycles. The van der Waals surface area contributed by atoms with E-state index in [4.69, 9.17) is 18.6 Å². The average molecular weight is 645 g/mol. The van der Waals surface area contributed by atoms with Gasteiger partial charge < -0.3 is 23.7 Å². The quantitative estimate of drug-likeness (QED) is 0.165. The normalized spacial score (nSPS) is 20.5. The predicted molar refractivity (Wildman–Crippen MR) is 180 cm³/mol. The number of hydrogen-bond donors (Lipinski definition) is 2. The van der Waals surface area contributed by atoms with Gasteiger partial charge in [0, 0.05) is 18.2 Å². The molecule has 2 heterocycles. The Morgan fingerprint density at radius 2 is 1.43 bits per heavy atom. The Bertz CT molecular complexity index is 1660. The van der Waals surface area contributed by atoms with Crippen molar-refractivity contribution >= 4 is 8.32 Å². The van der Waals surface area contributed by atoms with Crippen molar-refractivity contribution in [3.63, 3.8) is 0 Å². The van der Waals surface area contributed by atoms with Gasteiger partial charge in [-0.15, -0.1) is 0 Å². The monoisotopic (exact) mass is 644 g/mol. The van der Waals surface area contributed by atoms with Crippen LogP contribution in [0, 0.1) is 5.92 Å². The summed E-state index contributed by atoms with van der Waals surface area (Å²) in [4.78, 5) is 27.3. The van der Waals surface area contributed by atoms with E-state index >= 15 is 0 Å². The van der Waals surface area contributed by atoms with Crippen LogP contribution >= 0.6 is 0 Å². The number of ether oxygens (including phenoxy) is 3. The van der Waals surface area contributed by atoms with E-state index in [1.165, 1.54) is 16.8 Å². The predicted octanol–water partition coefficient (Wildman–Crippen LogP) is 5.45. The van der Waals surface area contributed by atoms with E-state index in [-0.39, 0.29) is 18.3 Å². The number of aliphatic hydroxyl groups is 1. The van der Waals surface area contributed by atoms with Crippen molar-refractivity contribution in [2.45, 2.75) is 62.9 Å². The lowest BCUT2D eigenvalue weighted by Crippen LogP contribution is -2.49. The standard InChI is InChI=1S/C36H44N2O7Si/c1-35(2,3)46(5,6)45-32-29(23-39)30(44-33(32)38-22-21-31(40)37-34(38)41)24-43-36(25-13-9-7-10-14-25,26-15-11-8-12-16-26)27-17-19-28(42-4)20-18-27/h7-22,29-30,32-33,39H,23-24H2,1-6H3,(H,37,40,41)/t29-,30-,32-,33-/m1/s1. The van der Waals surface area contributed by atoms with Crippen LogP contribution in [-0.2, 0) is 19.5 Å². The number of aliphatic hydroxyl groups excluding tert-OH is 1. The molecule has 4 atom stereocenters. The van der Waals surface area contributed by atoms with Crippen molar-refractivity contribution in [2.75, 3.05) is 20.3 Å². The maximum atomic E-state index is 13.0. The van der Waals surface area contributed by atoms with Crippen LogP contribution in [0.3, 0.4) is 0 Å². The highest BCUT2D eigenvalue weighted by atomic mass is 28.4. The first-order valence-corrected chi connectivity index (χ1v) is 18.5. The lowest BCUT2D eigenvalue weighted by Gasteiger charge is -2.40. The zero-order chi connectivity index (χ0) is 33.1. The molecule has 2 N–H and O–H groups in total. The van der Waals surface area contributed by atoms with Crippen LogP contribution in [0.25, 0.3) is 0 Å². The van der Waals surface area contributed by atoms with Gasteiger partial charge in [-0.25, -0.2) is 4.79 Å². The summed E-state index contributed by atoms with van der Waals surface area (Å²) in [5, 5.41) is 10.7. The Balaban J connectivity index is 1.60. The number of H-pyrrole nitrogens is 1. The summed E-state index contributed by atoms with van der Waals surface area (Å²) >= 11 is 0. The van der Waals surface area contributed by atoms with Gasteiger partial charge in [-0.1, -0.05) is 93.6 Å². The zero-order valence-corrected chi connectivity index (χ0v) is 28.3. The number of aromatic amines is 1. The summed E-state index contributed by atoms with van der Waals surface area (Å²) in [5.74, 6) is 0.191. The van der Waals surface area contributed by atoms with Crippen molar-refractivity contribution in [1.82, 2.24) is 9.55 Å². The fourth-order valence-electron chi connectivity index (χ4n) is 5.81. The highest BCUT2D eigenvalue weighted by molar-refractivity contribution is 6.74. The Hall–Kier alpha value is -3.80. The van der Waals surface area contributed by atoms with Gasteiger partial charge in [0.05, 0.1) is 32.5 Å². The maximum Gasteiger partial charge on any atom is 0.330 e. The molecular weight excluding hydrogens is 600 g/mol. The Morgan fingerprint density at radius 3 is 1.93 bits per heavy atom. The second-order valence-corrected chi connectivity index (χ2v) is 18.0. The first kappa shape index (κ1) is 33.6. The first-order valence-electron chi connectivity index (χ1n) is 15.6. The van der Waals surface area contributed by atoms with Gasteiger partial charge in [-0.2, -0.15) is 0 Å². The largest absolute Gasteiger partial charge is 0.497 e. The van der Waals surface area contributed by atoms with Crippen molar-refractivity contribution in [3.8, 4) is 5.75 Å². The van der Waals surface area contributed by atoms with E-state index < -0.39 is 49.5 Å². The van der Waals surface area contributed by atoms with E-state index in [0.29, 0.717) is 0 Å². The average Bonchev–Trinajstić information content (AvgIpc) is 3.38. The minimum atomic E-state index is -2.42. The van der Waals surface area contributed by atoms with Crippen LogP contribution in [0.4, 0.5) is 0 Å². The number of hydrogen-bond acceptors (Lipinski definition) is 7. The van der Waals surface area contributed by atoms with Crippen molar-refractivity contribution < 1.29 is 23.7 Å². The van der Waals surface area contributed by atoms with Crippen molar-refractivity contribution in [1.29, 1.82) is 0 Å². The summed E-state index contributed by atoms with van der Waals surface area (Å²) in [7, 11) is -0.787. The molecule has 3 aromatic carbocycles. The van der Waals surface area contributed by atoms with Crippen LogP contribution in [0.2, 0.25) is 18.1 Å². The molecule has 0 unspecified atom stereocenters. The van der Waals surface area contributed by atoms with Crippen molar-refractivity contribution in [3.05, 3.63) is 135 Å². The molecular formula is C36H44N2O7Si. The van der Waals surface area contributed by atoms with E-state index in [1.54, 1.807) is 7.11 Å². The van der Waals surface area contributed by atoms with Crippen LogP contribution in [0.5, 0.6) is 5.75 Å². The van der Waals surface area contributed by atoms with E-state index in [1.807, 2.05) is 84.9 Å². The summed E-state index contributed by atoms with van der Waals surface area (Å²) < 4.78 is 27.4. The molecule has 0 radical (unpaired) electrons. The van der Waals surface area contributed by atoms with Crippen LogP contribution < -0.4 is 16.0 Å². The number of nitrogens with one attached hydrogen (secondary N) is 1. The lowest BCUT2D eigenvalue weighted by atomic mass is 9.80. The molecule has 1 aliphatic rings. The summed E-state index contributed by atoms with van der Waals surface area (Å²) in [6.07, 6.45) is -0.810. The molecule has 0 aliphatic carbocycles. The molecule has 10 heteroatoms. The lowest BCUT2D eigenvalue weighted by molar-refractivity contribution is -0.0913. The maximum absolute atomic E-state index is 13.0. The van der Waals surface area contributed by atoms with E-state index in [0.717, 1.165) is 22.4 Å². The Kier molecular flexibility index (Phi) is 9.85. The Morgan fingerprint density at radius 1 is 0.870 bits per heavy atom. The van der Waals surface area contributed by atoms with Crippen LogP contribution in [0.1, 0.15) is 43.7 Å². The third-order valence-electron chi connectivity index (χ3n) is 9.39. The van der Waals surface area contributed by atoms with Crippen LogP contribution in [0.15, 0.2) is 107 Å². The number of nitrogens with zero attached hydrogens (tertiary/aromatic N) is 1. The van der Waals surface area contributed by atoms with Gasteiger partial charge in [-0.3, -0.25) is 14.3 Å². The van der Waals surface area contributed by atoms with Gasteiger partial charge in [0.15, 0.2) is 14.5 Å². The second kappa shape index (κ2) is 13.5. The van der Waals surface area contributed by atoms with E-state index in [2.05, 4.69) is 38.8 Å². The summed E-state index contributed by atoms with van der Waals surface area (Å²) in [6, 6.07) is 29.0. The minimum Gasteiger partial charge on any atom is -0.497 e. The highest BCUT2D eigenvalue weighted by Gasteiger charge is 2.52. The molecule has 4 aromatic rings. The fourth-order valence-corrected chi connectivity index (χ4v) is 7.13.